The second-order valence-electron chi connectivity index (χ2n) is 6.08. The lowest BCUT2D eigenvalue weighted by Gasteiger charge is -2.12. The Kier molecular flexibility index (Phi) is 9.93. The number of hydrogen-bond acceptors (Lipinski definition) is 7. The van der Waals surface area contributed by atoms with E-state index in [-0.39, 0.29) is 37.4 Å². The van der Waals surface area contributed by atoms with Crippen LogP contribution < -0.4 is 11.1 Å². The largest absolute Gasteiger partial charge is 0.451 e. The highest BCUT2D eigenvalue weighted by Gasteiger charge is 2.17. The van der Waals surface area contributed by atoms with Crippen LogP contribution >= 0.6 is 12.4 Å². The highest BCUT2D eigenvalue weighted by atomic mass is 35.5. The van der Waals surface area contributed by atoms with Crippen molar-refractivity contribution in [3.05, 3.63) is 41.2 Å². The number of benzene rings is 1. The molecule has 1 amide bonds. The summed E-state index contributed by atoms with van der Waals surface area (Å²) in [4.78, 5) is 12.1. The van der Waals surface area contributed by atoms with Gasteiger partial charge in [-0.1, -0.05) is 18.9 Å². The zero-order valence-electron chi connectivity index (χ0n) is 15.0. The number of aromatic nitrogens is 4. The summed E-state index contributed by atoms with van der Waals surface area (Å²) < 4.78 is 27.7. The lowest BCUT2D eigenvalue weighted by Crippen LogP contribution is -2.30. The molecule has 1 unspecified atom stereocenters. The lowest BCUT2D eigenvalue weighted by atomic mass is 9.83. The number of nitrogens with two attached hydrogens (primary N) is 1. The predicted molar refractivity (Wildman–Crippen MR) is 99.0 cm³/mol. The number of nitrogens with zero attached hydrogens (tertiary/aromatic N) is 4. The van der Waals surface area contributed by atoms with Crippen molar-refractivity contribution in [2.24, 2.45) is 5.73 Å². The molecule has 154 valence electrons. The van der Waals surface area contributed by atoms with Gasteiger partial charge in [-0.15, -0.1) is 17.5 Å². The molecule has 0 bridgehead atoms. The number of unbranched alkanes of at least 4 members (excludes halogenated alkanes) is 1. The zero-order chi connectivity index (χ0) is 19.8. The van der Waals surface area contributed by atoms with Gasteiger partial charge in [0.1, 0.15) is 18.2 Å². The van der Waals surface area contributed by atoms with E-state index >= 15 is 0 Å². The SMILES string of the molecule is Cl.NC(CCCCB(O)O)c1nnnn1CC(=O)NCc1ccc(F)cc1F. The predicted octanol–water partition coefficient (Wildman–Crippen LogP) is 0.332. The maximum Gasteiger partial charge on any atom is 0.451 e. The van der Waals surface area contributed by atoms with Gasteiger partial charge in [0.2, 0.25) is 5.91 Å². The van der Waals surface area contributed by atoms with Gasteiger partial charge in [-0.2, -0.15) is 0 Å². The highest BCUT2D eigenvalue weighted by Crippen LogP contribution is 2.15. The molecule has 1 heterocycles. The molecule has 0 saturated heterocycles. The van der Waals surface area contributed by atoms with Gasteiger partial charge in [0.25, 0.3) is 0 Å². The number of carbonyl (C=O) groups excluding carboxylic acids is 1. The maximum absolute atomic E-state index is 13.6. The van der Waals surface area contributed by atoms with Crippen LogP contribution in [0.1, 0.15) is 36.7 Å². The fourth-order valence-electron chi connectivity index (χ4n) is 2.46. The molecule has 5 N–H and O–H groups in total. The summed E-state index contributed by atoms with van der Waals surface area (Å²) in [5.74, 6) is -1.57. The fraction of sp³-hybridized carbons (Fsp3) is 0.467. The van der Waals surface area contributed by atoms with Gasteiger partial charge in [-0.05, 0) is 29.2 Å². The second-order valence-corrected chi connectivity index (χ2v) is 6.08. The molecule has 1 aromatic carbocycles. The Morgan fingerprint density at radius 3 is 2.75 bits per heavy atom. The van der Waals surface area contributed by atoms with Crippen LogP contribution in [0, 0.1) is 11.6 Å². The first-order valence-corrected chi connectivity index (χ1v) is 8.45. The smallest absolute Gasteiger partial charge is 0.427 e. The van der Waals surface area contributed by atoms with Crippen molar-refractivity contribution in [3.8, 4) is 0 Å². The molecule has 0 saturated carbocycles. The first kappa shape index (κ1) is 23.9. The third kappa shape index (κ3) is 7.47. The normalized spacial score (nSPS) is 11.6. The quantitative estimate of drug-likeness (QED) is 0.322. The summed E-state index contributed by atoms with van der Waals surface area (Å²) in [6.45, 7) is -0.299. The molecule has 0 radical (unpaired) electrons. The van der Waals surface area contributed by atoms with E-state index in [1.807, 2.05) is 0 Å². The van der Waals surface area contributed by atoms with E-state index in [2.05, 4.69) is 20.8 Å². The van der Waals surface area contributed by atoms with Crippen molar-refractivity contribution >= 4 is 25.4 Å². The summed E-state index contributed by atoms with van der Waals surface area (Å²) in [6, 6.07) is 2.60. The second kappa shape index (κ2) is 11.6. The summed E-state index contributed by atoms with van der Waals surface area (Å²) >= 11 is 0. The van der Waals surface area contributed by atoms with Crippen LogP contribution in [0.4, 0.5) is 8.78 Å². The lowest BCUT2D eigenvalue weighted by molar-refractivity contribution is -0.122. The molecule has 13 heteroatoms. The number of tetrazole rings is 1. The summed E-state index contributed by atoms with van der Waals surface area (Å²) in [6.07, 6.45) is 1.98. The van der Waals surface area contributed by atoms with Gasteiger partial charge in [-0.25, -0.2) is 13.5 Å². The number of rotatable bonds is 10. The third-order valence-electron chi connectivity index (χ3n) is 3.90. The molecule has 2 rings (SSSR count). The van der Waals surface area contributed by atoms with Crippen LogP contribution in [0.5, 0.6) is 0 Å². The van der Waals surface area contributed by atoms with Gasteiger partial charge in [0, 0.05) is 18.2 Å². The van der Waals surface area contributed by atoms with Gasteiger partial charge in [-0.3, -0.25) is 4.79 Å². The van der Waals surface area contributed by atoms with E-state index in [1.165, 1.54) is 10.7 Å². The molecule has 0 aliphatic rings. The average molecular weight is 419 g/mol. The molecular formula is C15H22BClF2N6O3. The van der Waals surface area contributed by atoms with Crippen molar-refractivity contribution in [1.82, 2.24) is 25.5 Å². The molecule has 2 aromatic rings. The minimum atomic E-state index is -1.35. The summed E-state index contributed by atoms with van der Waals surface area (Å²) in [7, 11) is -1.35. The molecule has 9 nitrogen and oxygen atoms in total. The third-order valence-corrected chi connectivity index (χ3v) is 3.90. The Balaban J connectivity index is 0.00000392. The van der Waals surface area contributed by atoms with E-state index in [0.29, 0.717) is 25.1 Å². The van der Waals surface area contributed by atoms with Crippen molar-refractivity contribution in [3.63, 3.8) is 0 Å². The van der Waals surface area contributed by atoms with Gasteiger partial charge in [0.15, 0.2) is 5.82 Å². The van der Waals surface area contributed by atoms with Crippen LogP contribution in [0.3, 0.4) is 0 Å². The monoisotopic (exact) mass is 418 g/mol. The van der Waals surface area contributed by atoms with E-state index in [4.69, 9.17) is 15.8 Å². The molecule has 0 spiro atoms. The molecule has 0 fully saturated rings. The van der Waals surface area contributed by atoms with E-state index in [1.54, 1.807) is 0 Å². The zero-order valence-corrected chi connectivity index (χ0v) is 15.8. The fourth-order valence-corrected chi connectivity index (χ4v) is 2.46. The minimum absolute atomic E-state index is 0. The Hall–Kier alpha value is -2.15. The summed E-state index contributed by atoms with van der Waals surface area (Å²) in [5.41, 5.74) is 6.18. The van der Waals surface area contributed by atoms with Crippen molar-refractivity contribution in [1.29, 1.82) is 0 Å². The standard InChI is InChI=1S/C15H21BF2N6O3.ClH/c17-11-5-4-10(12(18)7-11)8-20-14(25)9-24-15(21-22-23-24)13(19)3-1-2-6-16(26)27;/h4-5,7,13,26-27H,1-3,6,8-9,19H2,(H,20,25);1H. The first-order chi connectivity index (χ1) is 12.9. The summed E-state index contributed by atoms with van der Waals surface area (Å²) in [5, 5.41) is 31.2. The number of halogens is 3. The molecule has 0 aliphatic heterocycles. The number of amides is 1. The van der Waals surface area contributed by atoms with Crippen molar-refractivity contribution in [2.45, 2.75) is 44.7 Å². The van der Waals surface area contributed by atoms with Crippen LogP contribution in [0.15, 0.2) is 18.2 Å². The Morgan fingerprint density at radius 1 is 1.32 bits per heavy atom. The average Bonchev–Trinajstić information content (AvgIpc) is 3.05. The molecular weight excluding hydrogens is 396 g/mol. The van der Waals surface area contributed by atoms with Gasteiger partial charge >= 0.3 is 7.12 Å². The number of nitrogens with one attached hydrogen (secondary N) is 1. The topological polar surface area (TPSA) is 139 Å². The van der Waals surface area contributed by atoms with E-state index in [9.17, 15) is 13.6 Å². The molecule has 1 aromatic heterocycles. The van der Waals surface area contributed by atoms with Crippen LogP contribution in [0.25, 0.3) is 0 Å². The van der Waals surface area contributed by atoms with E-state index in [0.717, 1.165) is 12.1 Å². The van der Waals surface area contributed by atoms with Crippen LogP contribution in [-0.2, 0) is 17.9 Å². The number of carbonyl (C=O) groups is 1. The molecule has 0 aliphatic carbocycles. The Bertz CT molecular complexity index is 767. The highest BCUT2D eigenvalue weighted by molar-refractivity contribution is 6.40. The van der Waals surface area contributed by atoms with Crippen molar-refractivity contribution < 1.29 is 23.6 Å². The Labute approximate surface area is 166 Å². The van der Waals surface area contributed by atoms with Gasteiger partial charge < -0.3 is 21.1 Å². The minimum Gasteiger partial charge on any atom is -0.427 e. The molecule has 1 atom stereocenters. The Morgan fingerprint density at radius 2 is 2.07 bits per heavy atom. The first-order valence-electron chi connectivity index (χ1n) is 8.45. The van der Waals surface area contributed by atoms with Crippen LogP contribution in [0.2, 0.25) is 6.32 Å². The molecule has 28 heavy (non-hydrogen) atoms. The number of hydrogen-bond donors (Lipinski definition) is 4. The van der Waals surface area contributed by atoms with E-state index < -0.39 is 30.7 Å². The van der Waals surface area contributed by atoms with Crippen LogP contribution in [-0.4, -0.2) is 43.3 Å². The van der Waals surface area contributed by atoms with Gasteiger partial charge in [0.05, 0.1) is 6.04 Å². The van der Waals surface area contributed by atoms with Crippen molar-refractivity contribution in [2.75, 3.05) is 0 Å². The maximum atomic E-state index is 13.6.